The molecule has 11 heavy (non-hydrogen) atoms. The van der Waals surface area contributed by atoms with Crippen LogP contribution < -0.4 is 0 Å². The summed E-state index contributed by atoms with van der Waals surface area (Å²) in [5.41, 5.74) is 0. The van der Waals surface area contributed by atoms with Crippen LogP contribution >= 0.6 is 0 Å². The minimum atomic E-state index is 0.510. The molecule has 1 heteroatoms. The van der Waals surface area contributed by atoms with Crippen LogP contribution in [0.25, 0.3) is 0 Å². The number of allylic oxidation sites excluding steroid dienone is 2. The van der Waals surface area contributed by atoms with Gasteiger partial charge in [0.2, 0.25) is 0 Å². The van der Waals surface area contributed by atoms with Crippen molar-refractivity contribution in [2.24, 2.45) is 5.92 Å². The van der Waals surface area contributed by atoms with Gasteiger partial charge in [0.05, 0.1) is 0 Å². The van der Waals surface area contributed by atoms with E-state index in [2.05, 4.69) is 26.0 Å². The lowest BCUT2D eigenvalue weighted by Gasteiger charge is -2.05. The SMILES string of the molecule is CC/C=C/CC(CC)C[C]=O. The van der Waals surface area contributed by atoms with E-state index in [1.54, 1.807) is 0 Å². The molecule has 0 aromatic rings. The van der Waals surface area contributed by atoms with Crippen molar-refractivity contribution in [3.63, 3.8) is 0 Å². The Morgan fingerprint density at radius 3 is 2.55 bits per heavy atom. The normalized spacial score (nSPS) is 13.6. The molecule has 0 aromatic heterocycles. The molecule has 0 rings (SSSR count). The second kappa shape index (κ2) is 7.52. The predicted octanol–water partition coefficient (Wildman–Crippen LogP) is 2.87. The highest BCUT2D eigenvalue weighted by Gasteiger charge is 2.02. The molecule has 0 fully saturated rings. The lowest BCUT2D eigenvalue weighted by molar-refractivity contribution is 0.495. The van der Waals surface area contributed by atoms with Crippen molar-refractivity contribution in [3.8, 4) is 0 Å². The number of hydrogen-bond donors (Lipinski definition) is 0. The second-order valence-corrected chi connectivity index (χ2v) is 2.74. The van der Waals surface area contributed by atoms with Gasteiger partial charge < -0.3 is 0 Å². The maximum Gasteiger partial charge on any atom is 0.198 e. The first kappa shape index (κ1) is 10.4. The molecule has 1 nitrogen and oxygen atoms in total. The van der Waals surface area contributed by atoms with Crippen molar-refractivity contribution in [2.75, 3.05) is 0 Å². The molecule has 0 saturated carbocycles. The third-order valence-electron chi connectivity index (χ3n) is 1.82. The Morgan fingerprint density at radius 2 is 2.09 bits per heavy atom. The molecule has 0 heterocycles. The standard InChI is InChI=1S/C10H17O/c1-3-5-6-7-10(4-2)8-9-11/h5-6,10H,3-4,7-8H2,1-2H3/b6-5+. The van der Waals surface area contributed by atoms with E-state index >= 15 is 0 Å². The van der Waals surface area contributed by atoms with Crippen LogP contribution in [-0.4, -0.2) is 6.29 Å². The largest absolute Gasteiger partial charge is 0.291 e. The first-order valence-corrected chi connectivity index (χ1v) is 4.35. The molecule has 0 amide bonds. The van der Waals surface area contributed by atoms with Crippen molar-refractivity contribution < 1.29 is 4.79 Å². The average molecular weight is 153 g/mol. The summed E-state index contributed by atoms with van der Waals surface area (Å²) in [5, 5.41) is 0. The van der Waals surface area contributed by atoms with E-state index in [9.17, 15) is 4.79 Å². The van der Waals surface area contributed by atoms with Gasteiger partial charge in [0.1, 0.15) is 0 Å². The van der Waals surface area contributed by atoms with Crippen LogP contribution in [-0.2, 0) is 4.79 Å². The van der Waals surface area contributed by atoms with Crippen molar-refractivity contribution in [1.82, 2.24) is 0 Å². The summed E-state index contributed by atoms with van der Waals surface area (Å²) in [5.74, 6) is 0.510. The maximum absolute atomic E-state index is 10.1. The quantitative estimate of drug-likeness (QED) is 0.536. The van der Waals surface area contributed by atoms with Crippen LogP contribution in [0.4, 0.5) is 0 Å². The van der Waals surface area contributed by atoms with E-state index in [-0.39, 0.29) is 0 Å². The topological polar surface area (TPSA) is 17.1 Å². The summed E-state index contributed by atoms with van der Waals surface area (Å²) in [7, 11) is 0. The minimum Gasteiger partial charge on any atom is -0.291 e. The predicted molar refractivity (Wildman–Crippen MR) is 48.1 cm³/mol. The Hall–Kier alpha value is -0.590. The van der Waals surface area contributed by atoms with Gasteiger partial charge in [-0.25, -0.2) is 0 Å². The summed E-state index contributed by atoms with van der Waals surface area (Å²) in [6.07, 6.45) is 10.0. The number of rotatable bonds is 6. The van der Waals surface area contributed by atoms with Crippen molar-refractivity contribution >= 4 is 6.29 Å². The number of hydrogen-bond acceptors (Lipinski definition) is 1. The Balaban J connectivity index is 3.50. The molecule has 1 radical (unpaired) electrons. The molecular formula is C10H17O. The fourth-order valence-electron chi connectivity index (χ4n) is 0.968. The van der Waals surface area contributed by atoms with Gasteiger partial charge in [-0.2, -0.15) is 0 Å². The summed E-state index contributed by atoms with van der Waals surface area (Å²) in [6, 6.07) is 0. The van der Waals surface area contributed by atoms with E-state index in [0.717, 1.165) is 19.3 Å². The van der Waals surface area contributed by atoms with Crippen molar-refractivity contribution in [1.29, 1.82) is 0 Å². The smallest absolute Gasteiger partial charge is 0.198 e. The summed E-state index contributed by atoms with van der Waals surface area (Å²) in [6.45, 7) is 4.23. The van der Waals surface area contributed by atoms with Crippen LogP contribution in [0.5, 0.6) is 0 Å². The molecule has 0 saturated heterocycles. The molecule has 0 spiro atoms. The molecule has 0 aliphatic rings. The summed E-state index contributed by atoms with van der Waals surface area (Å²) >= 11 is 0. The summed E-state index contributed by atoms with van der Waals surface area (Å²) in [4.78, 5) is 10.1. The highest BCUT2D eigenvalue weighted by atomic mass is 16.1. The zero-order valence-corrected chi connectivity index (χ0v) is 7.47. The molecule has 1 unspecified atom stereocenters. The monoisotopic (exact) mass is 153 g/mol. The zero-order chi connectivity index (χ0) is 8.53. The van der Waals surface area contributed by atoms with Crippen LogP contribution in [0.2, 0.25) is 0 Å². The highest BCUT2D eigenvalue weighted by molar-refractivity contribution is 5.50. The first-order chi connectivity index (χ1) is 5.35. The average Bonchev–Trinajstić information content (AvgIpc) is 2.03. The van der Waals surface area contributed by atoms with Crippen LogP contribution in [0.3, 0.4) is 0 Å². The fraction of sp³-hybridized carbons (Fsp3) is 0.700. The van der Waals surface area contributed by atoms with E-state index < -0.39 is 0 Å². The van der Waals surface area contributed by atoms with Gasteiger partial charge in [-0.1, -0.05) is 32.4 Å². The van der Waals surface area contributed by atoms with Gasteiger partial charge in [0.25, 0.3) is 0 Å². The van der Waals surface area contributed by atoms with E-state index in [4.69, 9.17) is 0 Å². The van der Waals surface area contributed by atoms with E-state index in [1.807, 2.05) is 6.29 Å². The zero-order valence-electron chi connectivity index (χ0n) is 7.47. The molecule has 0 aromatic carbocycles. The van der Waals surface area contributed by atoms with E-state index in [1.165, 1.54) is 0 Å². The molecule has 0 bridgehead atoms. The van der Waals surface area contributed by atoms with E-state index in [0.29, 0.717) is 12.3 Å². The Morgan fingerprint density at radius 1 is 1.36 bits per heavy atom. The third kappa shape index (κ3) is 5.84. The second-order valence-electron chi connectivity index (χ2n) is 2.74. The van der Waals surface area contributed by atoms with Crippen molar-refractivity contribution in [2.45, 2.75) is 39.5 Å². The first-order valence-electron chi connectivity index (χ1n) is 4.35. The minimum absolute atomic E-state index is 0.510. The highest BCUT2D eigenvalue weighted by Crippen LogP contribution is 2.11. The van der Waals surface area contributed by atoms with Gasteiger partial charge >= 0.3 is 0 Å². The molecule has 1 atom stereocenters. The Labute approximate surface area is 69.5 Å². The van der Waals surface area contributed by atoms with Crippen LogP contribution in [0.15, 0.2) is 12.2 Å². The Bertz CT molecular complexity index is 116. The van der Waals surface area contributed by atoms with Gasteiger partial charge in [-0.05, 0) is 18.8 Å². The molecule has 0 aliphatic carbocycles. The maximum atomic E-state index is 10.1. The van der Waals surface area contributed by atoms with Gasteiger partial charge in [-0.15, -0.1) is 0 Å². The van der Waals surface area contributed by atoms with Gasteiger partial charge in [0, 0.05) is 6.42 Å². The molecule has 63 valence electrons. The third-order valence-corrected chi connectivity index (χ3v) is 1.82. The van der Waals surface area contributed by atoms with Crippen LogP contribution in [0.1, 0.15) is 39.5 Å². The van der Waals surface area contributed by atoms with Gasteiger partial charge in [-0.3, -0.25) is 4.79 Å². The lowest BCUT2D eigenvalue weighted by Crippen LogP contribution is -1.97. The Kier molecular flexibility index (Phi) is 7.11. The molecule has 0 N–H and O–H groups in total. The number of carbonyl (C=O) groups excluding carboxylic acids is 1. The molecule has 0 aliphatic heterocycles. The summed E-state index contributed by atoms with van der Waals surface area (Å²) < 4.78 is 0. The molecular weight excluding hydrogens is 136 g/mol. The van der Waals surface area contributed by atoms with Gasteiger partial charge in [0.15, 0.2) is 6.29 Å². The fourth-order valence-corrected chi connectivity index (χ4v) is 0.968. The van der Waals surface area contributed by atoms with Crippen LogP contribution in [0, 0.1) is 5.92 Å². The van der Waals surface area contributed by atoms with Crippen molar-refractivity contribution in [3.05, 3.63) is 12.2 Å². The lowest BCUT2D eigenvalue weighted by atomic mass is 9.99.